The van der Waals surface area contributed by atoms with Crippen LogP contribution in [0.3, 0.4) is 0 Å². The second-order valence-electron chi connectivity index (χ2n) is 9.61. The highest BCUT2D eigenvalue weighted by Gasteiger charge is 2.39. The third kappa shape index (κ3) is 3.80. The van der Waals surface area contributed by atoms with Gasteiger partial charge in [-0.1, -0.05) is 42.5 Å². The number of nitrogen functional groups attached to an aromatic ring is 1. The van der Waals surface area contributed by atoms with Gasteiger partial charge in [0.05, 0.1) is 17.7 Å². The lowest BCUT2D eigenvalue weighted by atomic mass is 9.85. The highest BCUT2D eigenvalue weighted by atomic mass is 16.5. The third-order valence-corrected chi connectivity index (χ3v) is 7.22. The van der Waals surface area contributed by atoms with E-state index in [1.165, 1.54) is 4.90 Å². The quantitative estimate of drug-likeness (QED) is 0.282. The monoisotopic (exact) mass is 503 g/mol. The van der Waals surface area contributed by atoms with Crippen LogP contribution >= 0.6 is 0 Å². The van der Waals surface area contributed by atoms with E-state index in [9.17, 15) is 14.4 Å². The van der Waals surface area contributed by atoms with Gasteiger partial charge in [0.1, 0.15) is 11.9 Å². The number of para-hydroxylation sites is 1. The molecule has 0 radical (unpaired) electrons. The number of nitrogens with two attached hydrogens (primary N) is 1. The number of nitrogens with zero attached hydrogens (tertiary/aromatic N) is 1. The molecular formula is C31H25N3O4. The molecule has 2 aliphatic heterocycles. The fourth-order valence-electron chi connectivity index (χ4n) is 5.38. The molecular weight excluding hydrogens is 478 g/mol. The van der Waals surface area contributed by atoms with Crippen LogP contribution in [0.15, 0.2) is 78.9 Å². The Morgan fingerprint density at radius 2 is 1.58 bits per heavy atom. The van der Waals surface area contributed by atoms with Crippen LogP contribution in [0.4, 0.5) is 17.1 Å². The summed E-state index contributed by atoms with van der Waals surface area (Å²) in [7, 11) is 1.60. The molecule has 2 amide bonds. The van der Waals surface area contributed by atoms with Crippen LogP contribution in [0.2, 0.25) is 0 Å². The summed E-state index contributed by atoms with van der Waals surface area (Å²) in [5.41, 5.74) is 13.4. The van der Waals surface area contributed by atoms with Crippen molar-refractivity contribution in [3.63, 3.8) is 0 Å². The summed E-state index contributed by atoms with van der Waals surface area (Å²) in [4.78, 5) is 39.7. The number of Topliss-reactive ketones (excluding diaryl/α,β-unsaturated/α-hetero) is 1. The Morgan fingerprint density at radius 3 is 2.29 bits per heavy atom. The van der Waals surface area contributed by atoms with Gasteiger partial charge in [0.15, 0.2) is 0 Å². The molecule has 6 rings (SSSR count). The normalized spacial score (nSPS) is 15.4. The van der Waals surface area contributed by atoms with Gasteiger partial charge in [0, 0.05) is 29.5 Å². The van der Waals surface area contributed by atoms with Crippen LogP contribution in [-0.2, 0) is 9.59 Å². The fraction of sp³-hybridized carbons (Fsp3) is 0.129. The Kier molecular flexibility index (Phi) is 5.49. The standard InChI is InChI=1S/C31H25N3O4/c1-17-28-23(15-24-29(17)34(2)31(37)30(24)36)22-5-3-4-6-25(22)38-26(28)16-27(35)33-21-13-9-19(10-14-21)18-7-11-20(32)12-8-18/h3-15,26H,16,32H2,1-2H3,(H,33,35). The van der Waals surface area contributed by atoms with E-state index >= 15 is 0 Å². The number of ether oxygens (including phenoxy) is 1. The van der Waals surface area contributed by atoms with E-state index < -0.39 is 17.8 Å². The van der Waals surface area contributed by atoms with Crippen LogP contribution in [0.25, 0.3) is 22.3 Å². The smallest absolute Gasteiger partial charge is 0.299 e. The van der Waals surface area contributed by atoms with Crippen molar-refractivity contribution in [3.8, 4) is 28.0 Å². The molecule has 4 aromatic carbocycles. The number of amides is 2. The Balaban J connectivity index is 1.29. The molecule has 4 aromatic rings. The molecule has 0 aliphatic carbocycles. The Morgan fingerprint density at radius 1 is 0.921 bits per heavy atom. The average Bonchev–Trinajstić information content (AvgIpc) is 3.13. The lowest BCUT2D eigenvalue weighted by Gasteiger charge is -2.31. The van der Waals surface area contributed by atoms with Gasteiger partial charge in [-0.25, -0.2) is 0 Å². The number of likely N-dealkylation sites (N-methyl/N-ethyl adjacent to an activating group) is 1. The maximum atomic E-state index is 13.2. The number of benzene rings is 4. The van der Waals surface area contributed by atoms with Crippen molar-refractivity contribution < 1.29 is 19.1 Å². The average molecular weight is 504 g/mol. The van der Waals surface area contributed by atoms with E-state index in [1.54, 1.807) is 13.1 Å². The first-order valence-electron chi connectivity index (χ1n) is 12.3. The first kappa shape index (κ1) is 23.5. The summed E-state index contributed by atoms with van der Waals surface area (Å²) in [5, 5.41) is 2.97. The summed E-state index contributed by atoms with van der Waals surface area (Å²) >= 11 is 0. The van der Waals surface area contributed by atoms with Crippen molar-refractivity contribution in [2.75, 3.05) is 23.0 Å². The molecule has 7 heteroatoms. The number of nitrogens with one attached hydrogen (secondary N) is 1. The van der Waals surface area contributed by atoms with Crippen LogP contribution in [0, 0.1) is 6.92 Å². The number of fused-ring (bicyclic) bond motifs is 4. The summed E-state index contributed by atoms with van der Waals surface area (Å²) in [6.07, 6.45) is -0.523. The minimum Gasteiger partial charge on any atom is -0.485 e. The molecule has 0 saturated heterocycles. The van der Waals surface area contributed by atoms with Gasteiger partial charge >= 0.3 is 0 Å². The second-order valence-corrected chi connectivity index (χ2v) is 9.61. The minimum absolute atomic E-state index is 0.0618. The van der Waals surface area contributed by atoms with Crippen molar-refractivity contribution in [2.45, 2.75) is 19.4 Å². The van der Waals surface area contributed by atoms with E-state index in [0.717, 1.165) is 33.4 Å². The van der Waals surface area contributed by atoms with Crippen LogP contribution in [-0.4, -0.2) is 24.6 Å². The van der Waals surface area contributed by atoms with Gasteiger partial charge < -0.3 is 20.7 Å². The first-order valence-corrected chi connectivity index (χ1v) is 12.3. The van der Waals surface area contributed by atoms with Crippen molar-refractivity contribution >= 4 is 34.7 Å². The van der Waals surface area contributed by atoms with Gasteiger partial charge in [0.25, 0.3) is 11.7 Å². The highest BCUT2D eigenvalue weighted by molar-refractivity contribution is 6.52. The number of ketones is 1. The first-order chi connectivity index (χ1) is 18.3. The highest BCUT2D eigenvalue weighted by Crippen LogP contribution is 2.49. The predicted molar refractivity (Wildman–Crippen MR) is 147 cm³/mol. The van der Waals surface area contributed by atoms with E-state index in [1.807, 2.05) is 79.7 Å². The molecule has 0 aromatic heterocycles. The SMILES string of the molecule is Cc1c2c(cc3c1N(C)C(=O)C3=O)-c1ccccc1OC2CC(=O)Nc1ccc(-c2ccc(N)cc2)cc1. The van der Waals surface area contributed by atoms with Crippen molar-refractivity contribution in [1.82, 2.24) is 0 Å². The lowest BCUT2D eigenvalue weighted by Crippen LogP contribution is -2.26. The van der Waals surface area contributed by atoms with Gasteiger partial charge in [-0.2, -0.15) is 0 Å². The molecule has 2 aliphatic rings. The van der Waals surface area contributed by atoms with E-state index in [0.29, 0.717) is 28.4 Å². The summed E-state index contributed by atoms with van der Waals surface area (Å²) < 4.78 is 6.32. The third-order valence-electron chi connectivity index (χ3n) is 7.22. The molecule has 0 spiro atoms. The zero-order chi connectivity index (χ0) is 26.6. The zero-order valence-corrected chi connectivity index (χ0v) is 20.9. The number of carbonyl (C=O) groups is 3. The topological polar surface area (TPSA) is 102 Å². The van der Waals surface area contributed by atoms with Gasteiger partial charge in [-0.05, 0) is 65.6 Å². The number of hydrogen-bond acceptors (Lipinski definition) is 5. The molecule has 188 valence electrons. The summed E-state index contributed by atoms with van der Waals surface area (Å²) in [6, 6.07) is 24.5. The second kappa shape index (κ2) is 8.88. The molecule has 1 atom stereocenters. The summed E-state index contributed by atoms with van der Waals surface area (Å²) in [6.45, 7) is 1.87. The molecule has 2 heterocycles. The van der Waals surface area contributed by atoms with Gasteiger partial charge in [0.2, 0.25) is 5.91 Å². The summed E-state index contributed by atoms with van der Waals surface area (Å²) in [5.74, 6) is -0.651. The molecule has 0 saturated carbocycles. The Hall–Kier alpha value is -4.91. The van der Waals surface area contributed by atoms with E-state index in [-0.39, 0.29) is 12.3 Å². The van der Waals surface area contributed by atoms with E-state index in [4.69, 9.17) is 10.5 Å². The fourth-order valence-corrected chi connectivity index (χ4v) is 5.38. The predicted octanol–water partition coefficient (Wildman–Crippen LogP) is 5.53. The number of anilines is 3. The van der Waals surface area contributed by atoms with Gasteiger partial charge in [-0.3, -0.25) is 14.4 Å². The lowest BCUT2D eigenvalue weighted by molar-refractivity contribution is -0.118. The minimum atomic E-state index is -0.585. The maximum Gasteiger partial charge on any atom is 0.299 e. The van der Waals surface area contributed by atoms with Crippen molar-refractivity contribution in [2.24, 2.45) is 0 Å². The molecule has 38 heavy (non-hydrogen) atoms. The molecule has 7 nitrogen and oxygen atoms in total. The van der Waals surface area contributed by atoms with Crippen LogP contribution in [0.1, 0.15) is 34.0 Å². The molecule has 1 unspecified atom stereocenters. The van der Waals surface area contributed by atoms with Crippen LogP contribution in [0.5, 0.6) is 5.75 Å². The van der Waals surface area contributed by atoms with Gasteiger partial charge in [-0.15, -0.1) is 0 Å². The zero-order valence-electron chi connectivity index (χ0n) is 20.9. The Bertz CT molecular complexity index is 1620. The molecule has 0 bridgehead atoms. The van der Waals surface area contributed by atoms with Crippen molar-refractivity contribution in [3.05, 3.63) is 95.6 Å². The maximum absolute atomic E-state index is 13.2. The number of hydrogen-bond donors (Lipinski definition) is 2. The van der Waals surface area contributed by atoms with Crippen LogP contribution < -0.4 is 20.7 Å². The number of rotatable bonds is 4. The van der Waals surface area contributed by atoms with E-state index in [2.05, 4.69) is 5.32 Å². The number of carbonyl (C=O) groups excluding carboxylic acids is 3. The largest absolute Gasteiger partial charge is 0.485 e. The van der Waals surface area contributed by atoms with Crippen molar-refractivity contribution in [1.29, 1.82) is 0 Å². The molecule has 3 N–H and O–H groups in total. The Labute approximate surface area is 219 Å². The molecule has 0 fully saturated rings.